The van der Waals surface area contributed by atoms with E-state index in [-0.39, 0.29) is 0 Å². The number of rotatable bonds is 3. The maximum absolute atomic E-state index is 4.79. The van der Waals surface area contributed by atoms with Crippen LogP contribution < -0.4 is 0 Å². The zero-order chi connectivity index (χ0) is 13.2. The van der Waals surface area contributed by atoms with E-state index in [4.69, 9.17) is 4.98 Å². The largest absolute Gasteiger partial charge is 0.248 e. The van der Waals surface area contributed by atoms with Crippen LogP contribution in [0.3, 0.4) is 0 Å². The van der Waals surface area contributed by atoms with E-state index in [1.54, 1.807) is 0 Å². The van der Waals surface area contributed by atoms with Crippen molar-refractivity contribution in [2.24, 2.45) is 0 Å². The van der Waals surface area contributed by atoms with Crippen molar-refractivity contribution in [1.29, 1.82) is 0 Å². The van der Waals surface area contributed by atoms with E-state index < -0.39 is 0 Å². The molecule has 0 saturated carbocycles. The fourth-order valence-corrected chi connectivity index (χ4v) is 3.01. The highest BCUT2D eigenvalue weighted by molar-refractivity contribution is 5.97. The summed E-state index contributed by atoms with van der Waals surface area (Å²) < 4.78 is 0. The summed E-state index contributed by atoms with van der Waals surface area (Å²) in [5.74, 6) is 0.609. The predicted octanol–water partition coefficient (Wildman–Crippen LogP) is 5.29. The van der Waals surface area contributed by atoms with Gasteiger partial charge in [0.25, 0.3) is 0 Å². The first kappa shape index (κ1) is 12.2. The highest BCUT2D eigenvalue weighted by Gasteiger charge is 2.15. The van der Waals surface area contributed by atoms with Gasteiger partial charge in [-0.15, -0.1) is 0 Å². The van der Waals surface area contributed by atoms with Crippen molar-refractivity contribution < 1.29 is 0 Å². The molecule has 0 spiro atoms. The van der Waals surface area contributed by atoms with E-state index in [2.05, 4.69) is 62.4 Å². The smallest absolute Gasteiger partial charge is 0.0712 e. The van der Waals surface area contributed by atoms with Crippen LogP contribution in [0.4, 0.5) is 0 Å². The van der Waals surface area contributed by atoms with E-state index in [0.29, 0.717) is 5.92 Å². The van der Waals surface area contributed by atoms with Crippen LogP contribution in [0.2, 0.25) is 0 Å². The first-order chi connectivity index (χ1) is 9.35. The van der Waals surface area contributed by atoms with Gasteiger partial charge in [-0.25, -0.2) is 4.98 Å². The van der Waals surface area contributed by atoms with Crippen molar-refractivity contribution in [3.63, 3.8) is 0 Å². The molecule has 0 atom stereocenters. The molecule has 0 amide bonds. The number of benzene rings is 2. The highest BCUT2D eigenvalue weighted by Crippen LogP contribution is 2.35. The van der Waals surface area contributed by atoms with E-state index in [1.165, 1.54) is 29.2 Å². The highest BCUT2D eigenvalue weighted by atomic mass is 14.7. The predicted molar refractivity (Wildman–Crippen MR) is 82.6 cm³/mol. The normalized spacial score (nSPS) is 11.5. The molecule has 1 heterocycles. The molecule has 1 heteroatoms. The zero-order valence-electron chi connectivity index (χ0n) is 11.6. The number of fused-ring (bicyclic) bond motifs is 2. The van der Waals surface area contributed by atoms with Gasteiger partial charge in [-0.05, 0) is 36.5 Å². The lowest BCUT2D eigenvalue weighted by Crippen LogP contribution is -1.99. The average molecular weight is 249 g/mol. The van der Waals surface area contributed by atoms with Crippen LogP contribution in [0.5, 0.6) is 0 Å². The van der Waals surface area contributed by atoms with Crippen molar-refractivity contribution in [2.45, 2.75) is 32.6 Å². The molecule has 0 aliphatic heterocycles. The van der Waals surface area contributed by atoms with Gasteiger partial charge in [0.15, 0.2) is 0 Å². The molecular weight excluding hydrogens is 230 g/mol. The van der Waals surface area contributed by atoms with E-state index in [1.807, 2.05) is 0 Å². The second-order valence-corrected chi connectivity index (χ2v) is 5.07. The molecule has 0 radical (unpaired) electrons. The van der Waals surface area contributed by atoms with Gasteiger partial charge in [-0.3, -0.25) is 0 Å². The summed E-state index contributed by atoms with van der Waals surface area (Å²) in [5, 5.41) is 2.63. The molecule has 3 aromatic rings. The Hall–Kier alpha value is -1.89. The molecule has 0 aliphatic carbocycles. The number of nitrogens with zero attached hydrogens (tertiary/aromatic N) is 1. The lowest BCUT2D eigenvalue weighted by atomic mass is 9.88. The molecule has 0 bridgehead atoms. The minimum absolute atomic E-state index is 0.609. The molecule has 0 aliphatic rings. The minimum atomic E-state index is 0.609. The molecule has 19 heavy (non-hydrogen) atoms. The summed E-state index contributed by atoms with van der Waals surface area (Å²) in [7, 11) is 0. The summed E-state index contributed by atoms with van der Waals surface area (Å²) in [6, 6.07) is 17.0. The first-order valence-corrected chi connectivity index (χ1v) is 7.12. The van der Waals surface area contributed by atoms with Gasteiger partial charge in [0.2, 0.25) is 0 Å². The Labute approximate surface area is 114 Å². The second-order valence-electron chi connectivity index (χ2n) is 5.07. The van der Waals surface area contributed by atoms with Crippen LogP contribution in [0.15, 0.2) is 48.5 Å². The zero-order valence-corrected chi connectivity index (χ0v) is 11.6. The number of aromatic nitrogens is 1. The molecule has 3 rings (SSSR count). The Kier molecular flexibility index (Phi) is 3.20. The van der Waals surface area contributed by atoms with Crippen LogP contribution in [-0.4, -0.2) is 4.98 Å². The lowest BCUT2D eigenvalue weighted by Gasteiger charge is -2.18. The van der Waals surface area contributed by atoms with Crippen LogP contribution in [0.25, 0.3) is 21.8 Å². The molecule has 0 saturated heterocycles. The van der Waals surface area contributed by atoms with Gasteiger partial charge in [0.05, 0.1) is 11.0 Å². The third kappa shape index (κ3) is 1.99. The molecule has 0 fully saturated rings. The van der Waals surface area contributed by atoms with Gasteiger partial charge < -0.3 is 0 Å². The van der Waals surface area contributed by atoms with Crippen molar-refractivity contribution in [3.8, 4) is 0 Å². The first-order valence-electron chi connectivity index (χ1n) is 7.12. The molecule has 1 nitrogen and oxygen atoms in total. The number of pyridine rings is 1. The minimum Gasteiger partial charge on any atom is -0.248 e. The van der Waals surface area contributed by atoms with Gasteiger partial charge >= 0.3 is 0 Å². The monoisotopic (exact) mass is 249 g/mol. The van der Waals surface area contributed by atoms with Crippen molar-refractivity contribution >= 4 is 21.8 Å². The van der Waals surface area contributed by atoms with E-state index in [9.17, 15) is 0 Å². The van der Waals surface area contributed by atoms with E-state index in [0.717, 1.165) is 11.0 Å². The number of para-hydroxylation sites is 2. The topological polar surface area (TPSA) is 12.9 Å². The maximum atomic E-state index is 4.79. The number of hydrogen-bond acceptors (Lipinski definition) is 1. The van der Waals surface area contributed by atoms with Gasteiger partial charge in [0.1, 0.15) is 0 Å². The Morgan fingerprint density at radius 1 is 0.789 bits per heavy atom. The SMILES string of the molecule is CCC(CC)c1c2ccccc2nc2ccccc12. The second kappa shape index (κ2) is 5.00. The van der Waals surface area contributed by atoms with Crippen molar-refractivity contribution in [3.05, 3.63) is 54.1 Å². The quantitative estimate of drug-likeness (QED) is 0.574. The Bertz CT molecular complexity index is 657. The summed E-state index contributed by atoms with van der Waals surface area (Å²) in [4.78, 5) is 4.79. The Morgan fingerprint density at radius 3 is 1.74 bits per heavy atom. The molecular formula is C18H19N. The van der Waals surface area contributed by atoms with E-state index >= 15 is 0 Å². The maximum Gasteiger partial charge on any atom is 0.0712 e. The van der Waals surface area contributed by atoms with Crippen LogP contribution in [0.1, 0.15) is 38.2 Å². The lowest BCUT2D eigenvalue weighted by molar-refractivity contribution is 0.651. The average Bonchev–Trinajstić information content (AvgIpc) is 2.47. The van der Waals surface area contributed by atoms with Crippen LogP contribution >= 0.6 is 0 Å². The van der Waals surface area contributed by atoms with Crippen molar-refractivity contribution in [1.82, 2.24) is 4.98 Å². The Morgan fingerprint density at radius 2 is 1.26 bits per heavy atom. The molecule has 1 aromatic heterocycles. The third-order valence-corrected chi connectivity index (χ3v) is 4.02. The third-order valence-electron chi connectivity index (χ3n) is 4.02. The fraction of sp³-hybridized carbons (Fsp3) is 0.278. The summed E-state index contributed by atoms with van der Waals surface area (Å²) in [5.41, 5.74) is 3.71. The molecule has 2 aromatic carbocycles. The van der Waals surface area contributed by atoms with Gasteiger partial charge in [0, 0.05) is 10.8 Å². The van der Waals surface area contributed by atoms with Crippen LogP contribution in [0, 0.1) is 0 Å². The fourth-order valence-electron chi connectivity index (χ4n) is 3.01. The summed E-state index contributed by atoms with van der Waals surface area (Å²) in [6.45, 7) is 4.55. The van der Waals surface area contributed by atoms with Crippen LogP contribution in [-0.2, 0) is 0 Å². The van der Waals surface area contributed by atoms with Gasteiger partial charge in [-0.2, -0.15) is 0 Å². The van der Waals surface area contributed by atoms with Gasteiger partial charge in [-0.1, -0.05) is 50.2 Å². The Balaban J connectivity index is 2.45. The summed E-state index contributed by atoms with van der Waals surface area (Å²) >= 11 is 0. The number of hydrogen-bond donors (Lipinski definition) is 0. The molecule has 0 unspecified atom stereocenters. The standard InChI is InChI=1S/C18H19N/c1-3-13(4-2)18-14-9-5-7-11-16(14)19-17-12-8-6-10-15(17)18/h5-13H,3-4H2,1-2H3. The summed E-state index contributed by atoms with van der Waals surface area (Å²) in [6.07, 6.45) is 2.35. The molecule has 96 valence electrons. The molecule has 0 N–H and O–H groups in total. The van der Waals surface area contributed by atoms with Crippen molar-refractivity contribution in [2.75, 3.05) is 0 Å².